The first-order valence-corrected chi connectivity index (χ1v) is 14.2. The molecule has 1 saturated carbocycles. The Morgan fingerprint density at radius 3 is 2.51 bits per heavy atom. The molecule has 2 aromatic rings. The number of hydrogen-bond donors (Lipinski definition) is 2. The van der Waals surface area contributed by atoms with Gasteiger partial charge in [-0.3, -0.25) is 9.74 Å². The molecule has 3 N–H and O–H groups in total. The monoisotopic (exact) mass is 531 g/mol. The molecule has 9 heteroatoms. The molecule has 2 aliphatic rings. The van der Waals surface area contributed by atoms with Crippen LogP contribution in [0.2, 0.25) is 0 Å². The predicted octanol–water partition coefficient (Wildman–Crippen LogP) is 5.72. The molecule has 0 radical (unpaired) electrons. The molecule has 0 spiro atoms. The van der Waals surface area contributed by atoms with Crippen molar-refractivity contribution in [1.82, 2.24) is 4.90 Å². The minimum atomic E-state index is -0.988. The fourth-order valence-corrected chi connectivity index (χ4v) is 6.76. The molecule has 1 unspecified atom stereocenters. The smallest absolute Gasteiger partial charge is 0.350 e. The third-order valence-electron chi connectivity index (χ3n) is 7.66. The molecule has 4 rings (SSSR count). The number of rotatable bonds is 10. The number of amides is 1. The van der Waals surface area contributed by atoms with E-state index >= 15 is 0 Å². The van der Waals surface area contributed by atoms with E-state index in [9.17, 15) is 14.1 Å². The van der Waals surface area contributed by atoms with Crippen LogP contribution in [0.25, 0.3) is 0 Å². The molecule has 1 saturated heterocycles. The van der Waals surface area contributed by atoms with Crippen LogP contribution < -0.4 is 11.1 Å². The van der Waals surface area contributed by atoms with Gasteiger partial charge in [-0.05, 0) is 73.4 Å². The van der Waals surface area contributed by atoms with Gasteiger partial charge in [-0.15, -0.1) is 11.3 Å². The second kappa shape index (κ2) is 13.3. The zero-order valence-corrected chi connectivity index (χ0v) is 22.4. The first kappa shape index (κ1) is 27.5. The number of ether oxygens (including phenoxy) is 1. The molecular weight excluding hydrogens is 493 g/mol. The number of anilines is 1. The molecule has 1 aromatic heterocycles. The summed E-state index contributed by atoms with van der Waals surface area (Å²) in [6, 6.07) is 10.0. The van der Waals surface area contributed by atoms with Crippen molar-refractivity contribution in [2.24, 2.45) is 11.7 Å². The van der Waals surface area contributed by atoms with Gasteiger partial charge in [0, 0.05) is 58.9 Å². The summed E-state index contributed by atoms with van der Waals surface area (Å²) in [5, 5.41) is 3.80. The van der Waals surface area contributed by atoms with Gasteiger partial charge in [-0.2, -0.15) is 0 Å². The first-order valence-electron chi connectivity index (χ1n) is 13.3. The number of thiophene rings is 1. The lowest BCUT2D eigenvalue weighted by atomic mass is 9.80. The van der Waals surface area contributed by atoms with Gasteiger partial charge >= 0.3 is 5.97 Å². The largest absolute Gasteiger partial charge is 0.381 e. The van der Waals surface area contributed by atoms with Gasteiger partial charge < -0.3 is 20.7 Å². The second-order valence-corrected chi connectivity index (χ2v) is 11.3. The third-order valence-corrected chi connectivity index (χ3v) is 9.00. The minimum Gasteiger partial charge on any atom is -0.381 e. The van der Waals surface area contributed by atoms with Crippen molar-refractivity contribution in [3.05, 3.63) is 51.2 Å². The van der Waals surface area contributed by atoms with Crippen molar-refractivity contribution in [1.29, 1.82) is 0 Å². The van der Waals surface area contributed by atoms with E-state index in [1.807, 2.05) is 23.5 Å². The SMILES string of the molecule is CN(CCC(=O)OF)C(=O)c1ccc(NC(c2cc(C3CCOCC3)sc2CN)C2CCCCC2)cc1. The molecule has 1 aliphatic heterocycles. The second-order valence-electron chi connectivity index (χ2n) is 10.1. The summed E-state index contributed by atoms with van der Waals surface area (Å²) < 4.78 is 17.5. The molecule has 202 valence electrons. The van der Waals surface area contributed by atoms with Gasteiger partial charge in [0.25, 0.3) is 5.91 Å². The van der Waals surface area contributed by atoms with Crippen LogP contribution in [0.3, 0.4) is 0 Å². The molecule has 1 amide bonds. The number of nitrogens with two attached hydrogens (primary N) is 1. The minimum absolute atomic E-state index is 0.0841. The van der Waals surface area contributed by atoms with E-state index in [0.29, 0.717) is 23.9 Å². The Morgan fingerprint density at radius 1 is 1.16 bits per heavy atom. The van der Waals surface area contributed by atoms with Crippen LogP contribution >= 0.6 is 11.3 Å². The van der Waals surface area contributed by atoms with Crippen LogP contribution in [0.5, 0.6) is 0 Å². The highest BCUT2D eigenvalue weighted by Gasteiger charge is 2.30. The molecule has 1 atom stereocenters. The Kier molecular flexibility index (Phi) is 9.94. The molecule has 37 heavy (non-hydrogen) atoms. The van der Waals surface area contributed by atoms with Crippen LogP contribution in [-0.4, -0.2) is 43.6 Å². The van der Waals surface area contributed by atoms with Crippen LogP contribution in [-0.2, 0) is 21.0 Å². The Labute approximate surface area is 222 Å². The van der Waals surface area contributed by atoms with E-state index in [1.165, 1.54) is 52.3 Å². The van der Waals surface area contributed by atoms with E-state index in [4.69, 9.17) is 10.5 Å². The van der Waals surface area contributed by atoms with E-state index in [1.54, 1.807) is 19.2 Å². The third kappa shape index (κ3) is 7.09. The maximum Gasteiger partial charge on any atom is 0.350 e. The summed E-state index contributed by atoms with van der Waals surface area (Å²) in [4.78, 5) is 31.0. The molecule has 1 aliphatic carbocycles. The summed E-state index contributed by atoms with van der Waals surface area (Å²) in [5.74, 6) is -0.151. The van der Waals surface area contributed by atoms with E-state index in [-0.39, 0.29) is 24.9 Å². The molecule has 2 fully saturated rings. The number of nitrogens with one attached hydrogen (secondary N) is 1. The Bertz CT molecular complexity index is 1030. The lowest BCUT2D eigenvalue weighted by Gasteiger charge is -2.32. The average Bonchev–Trinajstić information content (AvgIpc) is 3.39. The number of nitrogens with zero attached hydrogens (tertiary/aromatic N) is 1. The number of halogens is 1. The quantitative estimate of drug-likeness (QED) is 0.407. The number of benzene rings is 1. The predicted molar refractivity (Wildman–Crippen MR) is 143 cm³/mol. The van der Waals surface area contributed by atoms with Crippen LogP contribution in [0.4, 0.5) is 10.2 Å². The highest BCUT2D eigenvalue weighted by Crippen LogP contribution is 2.43. The van der Waals surface area contributed by atoms with Crippen molar-refractivity contribution in [3.8, 4) is 0 Å². The zero-order chi connectivity index (χ0) is 26.2. The molecular formula is C28H38FN3O4S. The van der Waals surface area contributed by atoms with E-state index in [2.05, 4.69) is 16.3 Å². The fourth-order valence-electron chi connectivity index (χ4n) is 5.50. The van der Waals surface area contributed by atoms with Gasteiger partial charge in [0.2, 0.25) is 0 Å². The lowest BCUT2D eigenvalue weighted by molar-refractivity contribution is -0.183. The maximum atomic E-state index is 12.7. The van der Waals surface area contributed by atoms with Gasteiger partial charge in [0.05, 0.1) is 12.5 Å². The summed E-state index contributed by atoms with van der Waals surface area (Å²) in [6.07, 6.45) is 8.08. The summed E-state index contributed by atoms with van der Waals surface area (Å²) in [6.45, 7) is 2.26. The summed E-state index contributed by atoms with van der Waals surface area (Å²) in [7, 11) is 1.58. The standard InChI is InChI=1S/C28H38FN3O4S/c1-32(14-11-26(33)36-29)28(34)21-7-9-22(10-8-21)31-27(20-5-3-2-4-6-20)23-17-24(37-25(23)18-30)19-12-15-35-16-13-19/h7-10,17,19-20,27,31H,2-6,11-16,18,30H2,1H3. The van der Waals surface area contributed by atoms with E-state index < -0.39 is 5.97 Å². The van der Waals surface area contributed by atoms with Gasteiger partial charge in [0.15, 0.2) is 0 Å². The van der Waals surface area contributed by atoms with Crippen molar-refractivity contribution in [2.75, 3.05) is 32.1 Å². The fraction of sp³-hybridized carbons (Fsp3) is 0.571. The topological polar surface area (TPSA) is 93.9 Å². The van der Waals surface area contributed by atoms with Crippen molar-refractivity contribution < 1.29 is 23.8 Å². The van der Waals surface area contributed by atoms with Crippen molar-refractivity contribution in [3.63, 3.8) is 0 Å². The number of carbonyl (C=O) groups is 2. The van der Waals surface area contributed by atoms with Gasteiger partial charge in [0.1, 0.15) is 0 Å². The molecule has 1 aromatic carbocycles. The highest BCUT2D eigenvalue weighted by molar-refractivity contribution is 7.12. The molecule has 0 bridgehead atoms. The number of hydrogen-bond acceptors (Lipinski definition) is 7. The Balaban J connectivity index is 1.52. The van der Waals surface area contributed by atoms with E-state index in [0.717, 1.165) is 31.7 Å². The Morgan fingerprint density at radius 2 is 1.86 bits per heavy atom. The van der Waals surface area contributed by atoms with Crippen LogP contribution in [0, 0.1) is 5.92 Å². The molecule has 7 nitrogen and oxygen atoms in total. The van der Waals surface area contributed by atoms with Gasteiger partial charge in [-0.1, -0.05) is 19.3 Å². The lowest BCUT2D eigenvalue weighted by Crippen LogP contribution is -2.29. The van der Waals surface area contributed by atoms with Gasteiger partial charge in [-0.25, -0.2) is 4.79 Å². The van der Waals surface area contributed by atoms with Crippen molar-refractivity contribution in [2.45, 2.75) is 69.9 Å². The summed E-state index contributed by atoms with van der Waals surface area (Å²) >= 11 is 1.86. The Hall–Kier alpha value is -2.49. The van der Waals surface area contributed by atoms with Crippen molar-refractivity contribution >= 4 is 28.9 Å². The van der Waals surface area contributed by atoms with Crippen LogP contribution in [0.15, 0.2) is 30.3 Å². The number of carbonyl (C=O) groups excluding carboxylic acids is 2. The average molecular weight is 532 g/mol. The highest BCUT2D eigenvalue weighted by atomic mass is 32.1. The first-order chi connectivity index (χ1) is 18.0. The van der Waals surface area contributed by atoms with Crippen LogP contribution in [0.1, 0.15) is 89.0 Å². The summed E-state index contributed by atoms with van der Waals surface area (Å²) in [5.41, 5.74) is 9.04. The zero-order valence-electron chi connectivity index (χ0n) is 21.5. The molecule has 2 heterocycles. The maximum absolute atomic E-state index is 12.7. The normalized spacial score (nSPS) is 17.8.